The molecule has 4 aromatic carbocycles. The zero-order valence-electron chi connectivity index (χ0n) is 78.9. The fourth-order valence-electron chi connectivity index (χ4n) is 18.8. The Hall–Kier alpha value is -13.7. The van der Waals surface area contributed by atoms with Crippen molar-refractivity contribution in [1.29, 1.82) is 0 Å². The number of hydrogen-bond acceptors (Lipinski definition) is 16. The van der Waals surface area contributed by atoms with Gasteiger partial charge in [0.25, 0.3) is 0 Å². The summed E-state index contributed by atoms with van der Waals surface area (Å²) in [6.07, 6.45) is 50.7. The van der Waals surface area contributed by atoms with Crippen molar-refractivity contribution in [2.75, 3.05) is 0 Å². The van der Waals surface area contributed by atoms with Gasteiger partial charge in [0.1, 0.15) is 0 Å². The number of nitrogens with zero attached hydrogens (tertiary/aromatic N) is 24. The minimum Gasteiger partial charge on any atom is -0.371 e. The Kier molecular flexibility index (Phi) is 31.7. The summed E-state index contributed by atoms with van der Waals surface area (Å²) in [7, 11) is 0. The Labute approximate surface area is 879 Å². The van der Waals surface area contributed by atoms with Crippen LogP contribution >= 0.6 is 0 Å². The summed E-state index contributed by atoms with van der Waals surface area (Å²) in [5, 5.41) is 0. The van der Waals surface area contributed by atoms with Gasteiger partial charge in [0, 0.05) is 223 Å². The van der Waals surface area contributed by atoms with Crippen molar-refractivity contribution < 1.29 is 84.8 Å². The molecule has 0 aliphatic carbocycles. The Morgan fingerprint density at radius 3 is 1.15 bits per heavy atom. The van der Waals surface area contributed by atoms with Crippen LogP contribution < -0.4 is 0 Å². The van der Waals surface area contributed by atoms with Crippen LogP contribution in [0.5, 0.6) is 0 Å². The fraction of sp³-hybridized carbons (Fsp3) is 0.221. The van der Waals surface area contributed by atoms with Crippen molar-refractivity contribution in [2.45, 2.75) is 163 Å². The van der Waals surface area contributed by atoms with E-state index < -0.39 is 0 Å². The molecule has 0 saturated heterocycles. The van der Waals surface area contributed by atoms with Gasteiger partial charge in [-0.1, -0.05) is 232 Å². The van der Waals surface area contributed by atoms with Gasteiger partial charge < -0.3 is 76.4 Å². The van der Waals surface area contributed by atoms with Crippen LogP contribution in [-0.4, -0.2) is 116 Å². The van der Waals surface area contributed by atoms with Crippen molar-refractivity contribution in [2.24, 2.45) is 0 Å². The van der Waals surface area contributed by atoms with Gasteiger partial charge in [-0.2, -0.15) is 4.39 Å². The van der Waals surface area contributed by atoms with E-state index in [1.54, 1.807) is 29.4 Å². The minimum atomic E-state index is -0.300. The largest absolute Gasteiger partial charge is 0.371 e. The van der Waals surface area contributed by atoms with Gasteiger partial charge in [0.15, 0.2) is 0 Å². The average Bonchev–Trinajstić information content (AvgIpc) is 1.60. The average molecular weight is 2580 g/mol. The topological polar surface area (TPSA) is 246 Å². The third-order valence-corrected chi connectivity index (χ3v) is 25.9. The van der Waals surface area contributed by atoms with Gasteiger partial charge in [-0.15, -0.1) is 95.1 Å². The van der Waals surface area contributed by atoms with Crippen LogP contribution in [-0.2, 0) is 196 Å². The molecule has 0 spiro atoms. The van der Waals surface area contributed by atoms with Gasteiger partial charge in [-0.3, -0.25) is 39.9 Å². The van der Waals surface area contributed by atoms with Crippen LogP contribution in [0.15, 0.2) is 269 Å². The predicted octanol–water partition coefficient (Wildman–Crippen LogP) is 20.2. The molecule has 0 amide bonds. The Morgan fingerprint density at radius 1 is 0.331 bits per heavy atom. The zero-order valence-corrected chi connectivity index (χ0v) is 88.5. The summed E-state index contributed by atoms with van der Waals surface area (Å²) in [6, 6.07) is 70.0. The molecular weight excluding hydrogens is 2480 g/mol. The zero-order chi connectivity index (χ0) is 93.6. The number of halogens is 1. The van der Waals surface area contributed by atoms with E-state index in [1.165, 1.54) is 40.0 Å². The van der Waals surface area contributed by atoms with Crippen LogP contribution in [0.25, 0.3) is 136 Å². The molecule has 24 nitrogen and oxygen atoms in total. The molecule has 8 aliphatic rings. The van der Waals surface area contributed by atoms with Gasteiger partial charge in [-0.25, -0.2) is 0 Å². The first-order valence-electron chi connectivity index (χ1n) is 47.0. The maximum Gasteiger partial charge on any atom is 0.204 e. The summed E-state index contributed by atoms with van der Waals surface area (Å²) >= 11 is 0. The molecule has 8 aliphatic heterocycles. The third kappa shape index (κ3) is 21.1. The van der Waals surface area contributed by atoms with E-state index in [-0.39, 0.29) is 91.8 Å². The monoisotopic (exact) mass is 2580 g/mol. The molecule has 0 bridgehead atoms. The number of fused-ring (bicyclic) bond motifs is 24. The quantitative estimate of drug-likeness (QED) is 0.140. The number of rotatable bonds is 6. The minimum absolute atomic E-state index is 0. The van der Waals surface area contributed by atoms with Crippen LogP contribution in [0.1, 0.15) is 110 Å². The van der Waals surface area contributed by atoms with Crippen molar-refractivity contribution in [1.82, 2.24) is 116 Å². The molecule has 28 rings (SSSR count). The third-order valence-electron chi connectivity index (χ3n) is 25.9. The summed E-state index contributed by atoms with van der Waals surface area (Å²) < 4.78 is 30.6. The second-order valence-corrected chi connectivity index (χ2v) is 35.8. The van der Waals surface area contributed by atoms with E-state index in [0.29, 0.717) is 18.3 Å². The molecular formula is C113H97FIr4N24-8. The Bertz CT molecular complexity index is 7380. The predicted molar refractivity (Wildman–Crippen MR) is 528 cm³/mol. The van der Waals surface area contributed by atoms with Crippen molar-refractivity contribution in [3.63, 3.8) is 0 Å². The van der Waals surface area contributed by atoms with E-state index in [9.17, 15) is 4.39 Å². The number of imidazole rings is 8. The van der Waals surface area contributed by atoms with Crippen molar-refractivity contribution in [3.05, 3.63) is 386 Å². The molecule has 16 aromatic heterocycles. The summed E-state index contributed by atoms with van der Waals surface area (Å²) in [5.74, 6) is 7.81. The van der Waals surface area contributed by atoms with Gasteiger partial charge >= 0.3 is 0 Å². The van der Waals surface area contributed by atoms with Gasteiger partial charge in [0.2, 0.25) is 5.95 Å². The van der Waals surface area contributed by atoms with Crippen molar-refractivity contribution >= 4 is 0 Å². The first kappa shape index (κ1) is 99.8. The van der Waals surface area contributed by atoms with Crippen LogP contribution in [0.3, 0.4) is 0 Å². The maximum atomic E-state index is 13.5. The van der Waals surface area contributed by atoms with Gasteiger partial charge in [-0.05, 0) is 156 Å². The van der Waals surface area contributed by atoms with Crippen molar-refractivity contribution in [3.8, 4) is 136 Å². The van der Waals surface area contributed by atoms with Crippen LogP contribution in [0, 0.1) is 55.0 Å². The molecule has 142 heavy (non-hydrogen) atoms. The second kappa shape index (κ2) is 45.0. The number of aromatic nitrogens is 24. The number of hydrogen-bond donors (Lipinski definition) is 0. The smallest absolute Gasteiger partial charge is 0.204 e. The molecule has 0 saturated carbocycles. The van der Waals surface area contributed by atoms with Crippen LogP contribution in [0.2, 0.25) is 0 Å². The molecule has 0 atom stereocenters. The maximum absolute atomic E-state index is 13.5. The van der Waals surface area contributed by atoms with Crippen LogP contribution in [0.4, 0.5) is 4.39 Å². The molecule has 0 fully saturated rings. The molecule has 20 aromatic rings. The number of pyridine rings is 8. The molecule has 24 heterocycles. The van der Waals surface area contributed by atoms with E-state index in [0.717, 1.165) is 262 Å². The molecule has 29 heteroatoms. The molecule has 4 radical (unpaired) electrons. The normalized spacial score (nSPS) is 12.9. The fourth-order valence-corrected chi connectivity index (χ4v) is 18.8. The first-order valence-corrected chi connectivity index (χ1v) is 47.0. The number of aryl methyl sites for hydroxylation is 13. The number of benzene rings is 4. The molecule has 0 N–H and O–H groups in total. The van der Waals surface area contributed by atoms with E-state index in [2.05, 4.69) is 241 Å². The van der Waals surface area contributed by atoms with E-state index in [1.807, 2.05) is 189 Å². The Balaban J connectivity index is 0.000000112. The summed E-state index contributed by atoms with van der Waals surface area (Å²) in [4.78, 5) is 70.3. The Morgan fingerprint density at radius 2 is 0.697 bits per heavy atom. The van der Waals surface area contributed by atoms with Gasteiger partial charge in [0.05, 0.1) is 52.8 Å². The standard InChI is InChI=1S/C20H20N3.C19H18N3.C18H16N3.C16H11FN3.4C10H8N3.4Ir/c1-20(2,3)18-13-22-19-16-12-21-17(14-7-5-4-6-8-14)11-15(16)9-10-23(18)19;1-13(2)18-12-20-19-15-8-9-16(14-6-4-3-5-7-14)21-17(15)10-11-22(18)19;1-2-14-12-19-18-15-8-9-16(13-6-4-3-5-7-13)20-17(15)10-11-21(14)18;17-15-10-19-16-13-9-18-14(11-4-2-1-3-5-11)8-12(13)6-7-20(15)16;2*1-3-11-7-9-8(1)2-5-13-6-4-12-10(9)13;2*1-2-8-9(11-4-1)3-6-13-7-5-12-10(8)13;;;;/h4-8,11,13H,9-10H2,1-3H3;3-7,9,12-13H,10-11H2,1-2H3;3-7,9,12H,2,10-11H2,1H3;1-5,8,10H,6-7H2;2*1,3-4,6H,2,5H2;2*1,4-5,7H,3,6H2;;;;/q8*-1;;;;. The van der Waals surface area contributed by atoms with E-state index in [4.69, 9.17) is 9.97 Å². The summed E-state index contributed by atoms with van der Waals surface area (Å²) in [6.45, 7) is 20.8. The second-order valence-electron chi connectivity index (χ2n) is 35.8. The molecule has 0 unspecified atom stereocenters. The molecule has 720 valence electrons. The first-order chi connectivity index (χ1) is 67.8. The summed E-state index contributed by atoms with van der Waals surface area (Å²) in [5.41, 5.74) is 29.9. The SMILES string of the molecule is CC(C)(C)c1cnc2n1CCc1cc(-c3ccccc3)n[c-]c1-2.CC(C)c1cnc2n1CCc1nc(-c3ccccc3)c[c-]c1-2.CCc1cnc2n1CCc1nc(-c3ccccc3)c[c-]c1-2.Fc1cnc2n1CCc1cc(-c3ccccc3)n[c-]c1-2.[Ir].[Ir].[Ir].[Ir].[c-]1ccnc2c1-c1nccn1CC2.[c-]1ccnc2c1-c1nccn1CC2.[c-]1nccc2c1-c1nccn1CC2.[c-]1nccc2c1-c1nccn1CC2. The van der Waals surface area contributed by atoms with E-state index >= 15 is 0 Å².